The fraction of sp³-hybridized carbons (Fsp3) is 0.111. The molecule has 0 atom stereocenters. The summed E-state index contributed by atoms with van der Waals surface area (Å²) in [6, 6.07) is 0. The molecule has 0 saturated carbocycles. The van der Waals surface area contributed by atoms with Gasteiger partial charge in [0.15, 0.2) is 0 Å². The minimum absolute atomic E-state index is 0.675. The van der Waals surface area contributed by atoms with Crippen molar-refractivity contribution in [3.8, 4) is 0 Å². The lowest BCUT2D eigenvalue weighted by Crippen LogP contribution is -1.98. The Morgan fingerprint density at radius 3 is 2.71 bits per heavy atom. The molecule has 2 aromatic rings. The lowest BCUT2D eigenvalue weighted by Gasteiger charge is -2.05. The van der Waals surface area contributed by atoms with Gasteiger partial charge in [0.1, 0.15) is 18.0 Å². The Kier molecular flexibility index (Phi) is 2.31. The summed E-state index contributed by atoms with van der Waals surface area (Å²) >= 11 is 0. The summed E-state index contributed by atoms with van der Waals surface area (Å²) in [5, 5.41) is 3.05. The van der Waals surface area contributed by atoms with Crippen molar-refractivity contribution < 1.29 is 0 Å². The van der Waals surface area contributed by atoms with Crippen LogP contribution in [0.4, 0.5) is 11.6 Å². The Labute approximate surface area is 81.3 Å². The van der Waals surface area contributed by atoms with Crippen LogP contribution >= 0.6 is 0 Å². The van der Waals surface area contributed by atoms with E-state index in [9.17, 15) is 0 Å². The van der Waals surface area contributed by atoms with E-state index in [4.69, 9.17) is 0 Å². The largest absolute Gasteiger partial charge is 0.323 e. The first-order valence-electron chi connectivity index (χ1n) is 4.16. The van der Waals surface area contributed by atoms with Crippen molar-refractivity contribution in [1.82, 2.24) is 19.9 Å². The van der Waals surface area contributed by atoms with Crippen molar-refractivity contribution in [1.29, 1.82) is 0 Å². The van der Waals surface area contributed by atoms with Gasteiger partial charge >= 0.3 is 0 Å². The molecular weight excluding hydrogens is 178 g/mol. The van der Waals surface area contributed by atoms with Crippen LogP contribution in [0.15, 0.2) is 31.1 Å². The second-order valence-electron chi connectivity index (χ2n) is 2.77. The van der Waals surface area contributed by atoms with E-state index >= 15 is 0 Å². The van der Waals surface area contributed by atoms with E-state index in [0.717, 1.165) is 11.4 Å². The first-order chi connectivity index (χ1) is 6.86. The highest BCUT2D eigenvalue weighted by Gasteiger charge is 1.99. The zero-order valence-electron chi connectivity index (χ0n) is 7.68. The molecule has 0 spiro atoms. The van der Waals surface area contributed by atoms with Gasteiger partial charge in [-0.1, -0.05) is 0 Å². The summed E-state index contributed by atoms with van der Waals surface area (Å²) in [6.45, 7) is 1.93. The standard InChI is InChI=1S/C9H9N5/c1-7-4-11-6-13-9(7)14-8-5-10-2-3-12-8/h2-6H,1H3,(H,11,12,13,14). The normalized spacial score (nSPS) is 9.79. The molecule has 0 aromatic carbocycles. The minimum atomic E-state index is 0.675. The topological polar surface area (TPSA) is 63.6 Å². The molecule has 0 fully saturated rings. The molecule has 0 aliphatic heterocycles. The average Bonchev–Trinajstić information content (AvgIpc) is 2.23. The maximum atomic E-state index is 4.08. The van der Waals surface area contributed by atoms with Gasteiger partial charge in [-0.3, -0.25) is 4.98 Å². The summed E-state index contributed by atoms with van der Waals surface area (Å²) in [7, 11) is 0. The van der Waals surface area contributed by atoms with Gasteiger partial charge < -0.3 is 5.32 Å². The van der Waals surface area contributed by atoms with Crippen LogP contribution < -0.4 is 5.32 Å². The molecule has 0 saturated heterocycles. The number of nitrogens with one attached hydrogen (secondary N) is 1. The molecule has 5 nitrogen and oxygen atoms in total. The van der Waals surface area contributed by atoms with E-state index < -0.39 is 0 Å². The molecule has 70 valence electrons. The fourth-order valence-electron chi connectivity index (χ4n) is 1.01. The van der Waals surface area contributed by atoms with Crippen molar-refractivity contribution >= 4 is 11.6 Å². The third-order valence-electron chi connectivity index (χ3n) is 1.70. The van der Waals surface area contributed by atoms with E-state index in [1.54, 1.807) is 24.8 Å². The monoisotopic (exact) mass is 187 g/mol. The third-order valence-corrected chi connectivity index (χ3v) is 1.70. The summed E-state index contributed by atoms with van der Waals surface area (Å²) in [5.41, 5.74) is 0.971. The van der Waals surface area contributed by atoms with Crippen molar-refractivity contribution in [2.45, 2.75) is 6.92 Å². The smallest absolute Gasteiger partial charge is 0.150 e. The molecule has 5 heteroatoms. The van der Waals surface area contributed by atoms with Crippen LogP contribution in [0.5, 0.6) is 0 Å². The van der Waals surface area contributed by atoms with Crippen LogP contribution in [0.3, 0.4) is 0 Å². The Morgan fingerprint density at radius 1 is 1.07 bits per heavy atom. The van der Waals surface area contributed by atoms with E-state index in [2.05, 4.69) is 25.3 Å². The number of anilines is 2. The van der Waals surface area contributed by atoms with Gasteiger partial charge in [-0.05, 0) is 6.92 Å². The predicted octanol–water partition coefficient (Wildman–Crippen LogP) is 1.32. The summed E-state index contributed by atoms with van der Waals surface area (Å²) in [6.07, 6.45) is 8.12. The number of rotatable bonds is 2. The van der Waals surface area contributed by atoms with Crippen molar-refractivity contribution in [2.24, 2.45) is 0 Å². The summed E-state index contributed by atoms with van der Waals surface area (Å²) in [5.74, 6) is 1.43. The van der Waals surface area contributed by atoms with Crippen LogP contribution in [-0.4, -0.2) is 19.9 Å². The van der Waals surface area contributed by atoms with Gasteiger partial charge in [0.05, 0.1) is 6.20 Å². The van der Waals surface area contributed by atoms with Crippen LogP contribution in [0.1, 0.15) is 5.56 Å². The van der Waals surface area contributed by atoms with E-state index in [1.807, 2.05) is 6.92 Å². The van der Waals surface area contributed by atoms with Crippen molar-refractivity contribution in [3.05, 3.63) is 36.7 Å². The zero-order valence-corrected chi connectivity index (χ0v) is 7.68. The Bertz CT molecular complexity index is 415. The number of aromatic nitrogens is 4. The highest BCUT2D eigenvalue weighted by molar-refractivity contribution is 5.53. The van der Waals surface area contributed by atoms with Crippen molar-refractivity contribution in [2.75, 3.05) is 5.32 Å². The quantitative estimate of drug-likeness (QED) is 0.768. The third kappa shape index (κ3) is 1.82. The van der Waals surface area contributed by atoms with Gasteiger partial charge in [-0.2, -0.15) is 0 Å². The molecule has 0 aliphatic rings. The van der Waals surface area contributed by atoms with E-state index in [0.29, 0.717) is 5.82 Å². The maximum Gasteiger partial charge on any atom is 0.150 e. The second-order valence-corrected chi connectivity index (χ2v) is 2.77. The molecular formula is C9H9N5. The maximum absolute atomic E-state index is 4.08. The van der Waals surface area contributed by atoms with Gasteiger partial charge in [0, 0.05) is 24.2 Å². The van der Waals surface area contributed by atoms with Crippen LogP contribution in [-0.2, 0) is 0 Å². The zero-order chi connectivity index (χ0) is 9.80. The molecule has 2 aromatic heterocycles. The molecule has 0 bridgehead atoms. The van der Waals surface area contributed by atoms with Crippen LogP contribution in [0, 0.1) is 6.92 Å². The molecule has 0 radical (unpaired) electrons. The first-order valence-corrected chi connectivity index (χ1v) is 4.16. The number of hydrogen-bond acceptors (Lipinski definition) is 5. The first kappa shape index (κ1) is 8.55. The highest BCUT2D eigenvalue weighted by Crippen LogP contribution is 2.12. The van der Waals surface area contributed by atoms with E-state index in [1.165, 1.54) is 6.33 Å². The van der Waals surface area contributed by atoms with Crippen LogP contribution in [0.2, 0.25) is 0 Å². The molecule has 2 heterocycles. The fourth-order valence-corrected chi connectivity index (χ4v) is 1.01. The molecule has 2 rings (SSSR count). The number of hydrogen-bond donors (Lipinski definition) is 1. The van der Waals surface area contributed by atoms with Gasteiger partial charge in [0.2, 0.25) is 0 Å². The minimum Gasteiger partial charge on any atom is -0.323 e. The molecule has 0 aliphatic carbocycles. The SMILES string of the molecule is Cc1cncnc1Nc1cnccn1. The van der Waals surface area contributed by atoms with Gasteiger partial charge in [0.25, 0.3) is 0 Å². The summed E-state index contributed by atoms with van der Waals surface area (Å²) < 4.78 is 0. The van der Waals surface area contributed by atoms with E-state index in [-0.39, 0.29) is 0 Å². The Balaban J connectivity index is 2.24. The Morgan fingerprint density at radius 2 is 2.00 bits per heavy atom. The highest BCUT2D eigenvalue weighted by atomic mass is 15.1. The molecule has 14 heavy (non-hydrogen) atoms. The van der Waals surface area contributed by atoms with Crippen molar-refractivity contribution in [3.63, 3.8) is 0 Å². The lowest BCUT2D eigenvalue weighted by atomic mass is 10.3. The molecule has 0 unspecified atom stereocenters. The lowest BCUT2D eigenvalue weighted by molar-refractivity contribution is 1.11. The average molecular weight is 187 g/mol. The second kappa shape index (κ2) is 3.78. The Hall–Kier alpha value is -2.04. The molecule has 1 N–H and O–H groups in total. The predicted molar refractivity (Wildman–Crippen MR) is 52.1 cm³/mol. The summed E-state index contributed by atoms with van der Waals surface area (Å²) in [4.78, 5) is 16.0. The molecule has 0 amide bonds. The number of aryl methyl sites for hydroxylation is 1. The van der Waals surface area contributed by atoms with Gasteiger partial charge in [-0.25, -0.2) is 15.0 Å². The number of nitrogens with zero attached hydrogens (tertiary/aromatic N) is 4. The van der Waals surface area contributed by atoms with Crippen LogP contribution in [0.25, 0.3) is 0 Å². The van der Waals surface area contributed by atoms with Gasteiger partial charge in [-0.15, -0.1) is 0 Å².